The van der Waals surface area contributed by atoms with E-state index >= 15 is 4.39 Å². The Morgan fingerprint density at radius 1 is 1.28 bits per heavy atom. The third kappa shape index (κ3) is 6.94. The van der Waals surface area contributed by atoms with Crippen LogP contribution < -0.4 is 20.9 Å². The predicted octanol–water partition coefficient (Wildman–Crippen LogP) is 2.16. The molecule has 1 aliphatic rings. The summed E-state index contributed by atoms with van der Waals surface area (Å²) in [5.74, 6) is -2.15. The zero-order valence-corrected chi connectivity index (χ0v) is 22.5. The summed E-state index contributed by atoms with van der Waals surface area (Å²) >= 11 is 5.42. The summed E-state index contributed by atoms with van der Waals surface area (Å²) < 4.78 is 79.4. The van der Waals surface area contributed by atoms with Crippen molar-refractivity contribution in [3.63, 3.8) is 0 Å². The first-order valence-electron chi connectivity index (χ1n) is 11.5. The van der Waals surface area contributed by atoms with Crippen LogP contribution in [0, 0.1) is 5.82 Å². The quantitative estimate of drug-likeness (QED) is 0.200. The number of carbonyl (C=O) groups is 1. The highest BCUT2D eigenvalue weighted by molar-refractivity contribution is 8.09. The molecule has 2 heterocycles. The first-order valence-corrected chi connectivity index (χ1v) is 14.1. The SMILES string of the molecule is CC(C)OC(=O)[C@H](C)NP(=S)(OC[C@@]1(C(F)F)O[C@@H](n2cc(F)c(=O)[nH]c2=O)[C@H](O)[C@H]1F)Oc1ccccc1. The minimum absolute atomic E-state index is 0.126. The number of benzene rings is 1. The molecule has 1 fully saturated rings. The van der Waals surface area contributed by atoms with E-state index in [2.05, 4.69) is 5.09 Å². The molecule has 2 aromatic rings. The fraction of sp³-hybridized carbons (Fsp3) is 0.500. The number of nitrogens with zero attached hydrogens (tertiary/aromatic N) is 1. The van der Waals surface area contributed by atoms with Gasteiger partial charge in [0.25, 0.3) is 12.0 Å². The molecule has 1 saturated heterocycles. The van der Waals surface area contributed by atoms with Gasteiger partial charge in [0, 0.05) is 0 Å². The Balaban J connectivity index is 1.92. The van der Waals surface area contributed by atoms with E-state index in [1.807, 2.05) is 0 Å². The van der Waals surface area contributed by atoms with Crippen LogP contribution in [0.1, 0.15) is 27.0 Å². The zero-order chi connectivity index (χ0) is 29.1. The molecular weight excluding hydrogens is 573 g/mol. The fourth-order valence-corrected chi connectivity index (χ4v) is 5.95. The van der Waals surface area contributed by atoms with Gasteiger partial charge in [-0.1, -0.05) is 18.2 Å². The minimum atomic E-state index is -3.95. The van der Waals surface area contributed by atoms with Gasteiger partial charge in [-0.25, -0.2) is 23.1 Å². The van der Waals surface area contributed by atoms with Crippen molar-refractivity contribution in [2.24, 2.45) is 0 Å². The van der Waals surface area contributed by atoms with Crippen LogP contribution in [0.5, 0.6) is 5.75 Å². The zero-order valence-electron chi connectivity index (χ0n) is 20.8. The average molecular weight is 599 g/mol. The van der Waals surface area contributed by atoms with Gasteiger partial charge in [-0.15, -0.1) is 0 Å². The molecule has 17 heteroatoms. The highest BCUT2D eigenvalue weighted by Crippen LogP contribution is 2.50. The van der Waals surface area contributed by atoms with Gasteiger partial charge in [-0.05, 0) is 44.7 Å². The summed E-state index contributed by atoms with van der Waals surface area (Å²) in [5, 5.41) is 13.0. The van der Waals surface area contributed by atoms with Crippen molar-refractivity contribution in [2.75, 3.05) is 6.61 Å². The normalized spacial score (nSPS) is 25.4. The minimum Gasteiger partial charge on any atom is -0.462 e. The van der Waals surface area contributed by atoms with E-state index in [0.29, 0.717) is 0 Å². The van der Waals surface area contributed by atoms with E-state index in [9.17, 15) is 32.7 Å². The maximum absolute atomic E-state index is 15.3. The number of rotatable bonds is 11. The number of aliphatic hydroxyl groups excluding tert-OH is 1. The number of carbonyl (C=O) groups excluding carboxylic acids is 1. The van der Waals surface area contributed by atoms with Crippen molar-refractivity contribution in [2.45, 2.75) is 63.4 Å². The van der Waals surface area contributed by atoms with Crippen LogP contribution in [-0.4, -0.2) is 63.7 Å². The standard InChI is InChI=1S/C22H26F4N3O8PS/c1-11(2)35-19(32)12(3)28-38(39,37-13-7-5-4-6-8-13)34-10-22(20(25)26)16(24)15(30)18(36-22)29-9-14(23)17(31)27-21(29)33/h4-9,11-12,15-16,18,20,30H,10H2,1-3H3,(H,28,39)(H,27,31,33)/t12-,15+,16+,18+,22+,38?/m0/s1. The monoisotopic (exact) mass is 599 g/mol. The van der Waals surface area contributed by atoms with Crippen LogP contribution >= 0.6 is 6.64 Å². The van der Waals surface area contributed by atoms with Gasteiger partial charge in [-0.3, -0.25) is 19.1 Å². The number of ether oxygens (including phenoxy) is 2. The molecule has 11 nitrogen and oxygen atoms in total. The number of aromatic amines is 1. The number of halogens is 4. The van der Waals surface area contributed by atoms with Crippen LogP contribution in [0.2, 0.25) is 0 Å². The molecule has 0 spiro atoms. The number of esters is 1. The first kappa shape index (κ1) is 30.9. The molecule has 3 N–H and O–H groups in total. The van der Waals surface area contributed by atoms with Crippen LogP contribution in [0.3, 0.4) is 0 Å². The molecular formula is C22H26F4N3O8PS. The fourth-order valence-electron chi connectivity index (χ4n) is 3.53. The van der Waals surface area contributed by atoms with E-state index in [-0.39, 0.29) is 16.5 Å². The number of aliphatic hydroxyl groups is 1. The second kappa shape index (κ2) is 12.3. The Hall–Kier alpha value is -2.62. The largest absolute Gasteiger partial charge is 0.462 e. The molecule has 0 amide bonds. The van der Waals surface area contributed by atoms with E-state index in [1.54, 1.807) is 37.0 Å². The second-order valence-corrected chi connectivity index (χ2v) is 11.9. The summed E-state index contributed by atoms with van der Waals surface area (Å²) in [7, 11) is 0. The van der Waals surface area contributed by atoms with Crippen LogP contribution in [0.15, 0.2) is 46.1 Å². The third-order valence-corrected chi connectivity index (χ3v) is 7.93. The predicted molar refractivity (Wildman–Crippen MR) is 132 cm³/mol. The lowest BCUT2D eigenvalue weighted by atomic mass is 9.98. The molecule has 1 aliphatic heterocycles. The number of nitrogens with one attached hydrogen (secondary N) is 2. The Morgan fingerprint density at radius 3 is 2.51 bits per heavy atom. The van der Waals surface area contributed by atoms with Crippen LogP contribution in [0.4, 0.5) is 17.6 Å². The van der Waals surface area contributed by atoms with Gasteiger partial charge < -0.3 is 23.6 Å². The summed E-state index contributed by atoms with van der Waals surface area (Å²) in [6.07, 6.45) is -11.3. The van der Waals surface area contributed by atoms with E-state index in [1.165, 1.54) is 19.1 Å². The molecule has 216 valence electrons. The number of H-pyrrole nitrogens is 1. The molecule has 6 atom stereocenters. The number of aromatic nitrogens is 2. The highest BCUT2D eigenvalue weighted by atomic mass is 32.5. The molecule has 0 saturated carbocycles. The molecule has 1 aromatic heterocycles. The average Bonchev–Trinajstić information content (AvgIpc) is 3.11. The maximum Gasteiger partial charge on any atom is 0.330 e. The molecule has 1 aromatic carbocycles. The van der Waals surface area contributed by atoms with E-state index in [0.717, 1.165) is 0 Å². The van der Waals surface area contributed by atoms with Gasteiger partial charge in [0.2, 0.25) is 5.82 Å². The lowest BCUT2D eigenvalue weighted by Crippen LogP contribution is -2.51. The van der Waals surface area contributed by atoms with Crippen LogP contribution in [0.25, 0.3) is 0 Å². The smallest absolute Gasteiger partial charge is 0.330 e. The van der Waals surface area contributed by atoms with Crippen molar-refractivity contribution >= 4 is 24.4 Å². The van der Waals surface area contributed by atoms with Gasteiger partial charge >= 0.3 is 18.3 Å². The lowest BCUT2D eigenvalue weighted by molar-refractivity contribution is -0.182. The molecule has 0 radical (unpaired) electrons. The van der Waals surface area contributed by atoms with Crippen molar-refractivity contribution in [3.8, 4) is 5.75 Å². The Labute approximate surface area is 224 Å². The Morgan fingerprint density at radius 2 is 1.92 bits per heavy atom. The first-order chi connectivity index (χ1) is 18.2. The summed E-state index contributed by atoms with van der Waals surface area (Å²) in [6.45, 7) is -0.720. The molecule has 0 aliphatic carbocycles. The van der Waals surface area contributed by atoms with Crippen LogP contribution in [-0.2, 0) is 30.6 Å². The number of hydrogen-bond acceptors (Lipinski definition) is 9. The van der Waals surface area contributed by atoms with Gasteiger partial charge in [-0.2, -0.15) is 4.39 Å². The van der Waals surface area contributed by atoms with Crippen molar-refractivity contribution in [3.05, 3.63) is 63.2 Å². The van der Waals surface area contributed by atoms with E-state index < -0.39 is 79.0 Å². The van der Waals surface area contributed by atoms with Crippen molar-refractivity contribution in [1.82, 2.24) is 14.6 Å². The molecule has 0 bridgehead atoms. The molecule has 1 unspecified atom stereocenters. The molecule has 39 heavy (non-hydrogen) atoms. The third-order valence-electron chi connectivity index (χ3n) is 5.45. The Bertz CT molecular complexity index is 1330. The number of para-hydroxylation sites is 1. The summed E-state index contributed by atoms with van der Waals surface area (Å²) in [6, 6.07) is 6.58. The van der Waals surface area contributed by atoms with Crippen molar-refractivity contribution in [1.29, 1.82) is 0 Å². The topological polar surface area (TPSA) is 141 Å². The van der Waals surface area contributed by atoms with Gasteiger partial charge in [0.1, 0.15) is 17.9 Å². The van der Waals surface area contributed by atoms with Gasteiger partial charge in [0.15, 0.2) is 18.0 Å². The number of hydrogen-bond donors (Lipinski definition) is 3. The summed E-state index contributed by atoms with van der Waals surface area (Å²) in [4.78, 5) is 37.3. The number of alkyl halides is 3. The highest BCUT2D eigenvalue weighted by Gasteiger charge is 2.62. The van der Waals surface area contributed by atoms with E-state index in [4.69, 9.17) is 30.3 Å². The molecule has 3 rings (SSSR count). The second-order valence-electron chi connectivity index (χ2n) is 8.81. The Kier molecular flexibility index (Phi) is 9.73. The van der Waals surface area contributed by atoms with Gasteiger partial charge in [0.05, 0.1) is 18.9 Å². The maximum atomic E-state index is 15.3. The van der Waals surface area contributed by atoms with Crippen molar-refractivity contribution < 1.29 is 46.0 Å². The lowest BCUT2D eigenvalue weighted by Gasteiger charge is -2.33. The summed E-state index contributed by atoms with van der Waals surface area (Å²) in [5.41, 5.74) is -5.98.